The van der Waals surface area contributed by atoms with E-state index in [1.807, 2.05) is 0 Å². The fourth-order valence-corrected chi connectivity index (χ4v) is 0. The van der Waals surface area contributed by atoms with Crippen LogP contribution in [0.4, 0.5) is 0 Å². The van der Waals surface area contributed by atoms with E-state index in [9.17, 15) is 0 Å². The molecule has 0 spiro atoms. The molecule has 0 saturated heterocycles. The Bertz CT molecular complexity index is 11.6. The fraction of sp³-hybridized carbons (Fsp3) is 1.00. The summed E-state index contributed by atoms with van der Waals surface area (Å²) >= 11 is 0. The third kappa shape index (κ3) is 11.9. The van der Waals surface area contributed by atoms with Crippen LogP contribution in [-0.4, -0.2) is 41.3 Å². The zero-order valence-corrected chi connectivity index (χ0v) is 4.56. The van der Waals surface area contributed by atoms with Crippen molar-refractivity contribution in [2.75, 3.05) is 13.2 Å². The molecule has 0 aromatic heterocycles. The Kier molecular flexibility index (Phi) is 16.2. The number of aliphatic hydroxyl groups is 1. The fourth-order valence-electron chi connectivity index (χ4n) is 0. The standard InChI is InChI=1S/C2H7NO.Mg/c3-1-2-4;/h4H,1-3H2;/q;+2. The molecule has 26 valence electrons. The third-order valence-electron chi connectivity index (χ3n) is 0.129. The maximum atomic E-state index is 7.75. The molecule has 0 bridgehead atoms. The van der Waals surface area contributed by atoms with Crippen LogP contribution in [0.2, 0.25) is 0 Å². The molecule has 0 aromatic rings. The topological polar surface area (TPSA) is 46.2 Å². The third-order valence-corrected chi connectivity index (χ3v) is 0.129. The minimum absolute atomic E-state index is 0. The molecule has 3 heteroatoms. The first-order valence-electron chi connectivity index (χ1n) is 1.22. The van der Waals surface area contributed by atoms with Crippen LogP contribution < -0.4 is 5.73 Å². The predicted molar refractivity (Wildman–Crippen MR) is 21.9 cm³/mol. The predicted octanol–water partition coefficient (Wildman–Crippen LogP) is -1.44. The smallest absolute Gasteiger partial charge is 0.395 e. The molecule has 0 rings (SSSR count). The summed E-state index contributed by atoms with van der Waals surface area (Å²) in [5.74, 6) is 0. The van der Waals surface area contributed by atoms with Crippen LogP contribution in [0.1, 0.15) is 0 Å². The molecule has 0 aromatic carbocycles. The van der Waals surface area contributed by atoms with Crippen LogP contribution >= 0.6 is 0 Å². The van der Waals surface area contributed by atoms with Gasteiger partial charge < -0.3 is 10.8 Å². The van der Waals surface area contributed by atoms with Crippen molar-refractivity contribution in [2.24, 2.45) is 5.73 Å². The largest absolute Gasteiger partial charge is 2.00 e. The second kappa shape index (κ2) is 8.82. The van der Waals surface area contributed by atoms with Gasteiger partial charge in [-0.1, -0.05) is 0 Å². The Balaban J connectivity index is 0. The van der Waals surface area contributed by atoms with E-state index in [1.54, 1.807) is 0 Å². The molecule has 3 N–H and O–H groups in total. The van der Waals surface area contributed by atoms with Crippen molar-refractivity contribution in [1.29, 1.82) is 0 Å². The van der Waals surface area contributed by atoms with E-state index in [0.717, 1.165) is 0 Å². The van der Waals surface area contributed by atoms with Crippen molar-refractivity contribution in [3.8, 4) is 0 Å². The van der Waals surface area contributed by atoms with E-state index in [0.29, 0.717) is 6.54 Å². The summed E-state index contributed by atoms with van der Waals surface area (Å²) in [7, 11) is 0. The summed E-state index contributed by atoms with van der Waals surface area (Å²) in [6.07, 6.45) is 0. The normalized spacial score (nSPS) is 6.00. The van der Waals surface area contributed by atoms with Crippen LogP contribution in [-0.2, 0) is 0 Å². The first-order valence-corrected chi connectivity index (χ1v) is 1.22. The second-order valence-corrected chi connectivity index (χ2v) is 0.512. The summed E-state index contributed by atoms with van der Waals surface area (Å²) in [5.41, 5.74) is 4.78. The van der Waals surface area contributed by atoms with Gasteiger partial charge in [0.05, 0.1) is 6.61 Å². The van der Waals surface area contributed by atoms with Crippen LogP contribution in [0.5, 0.6) is 0 Å². The zero-order valence-electron chi connectivity index (χ0n) is 3.15. The summed E-state index contributed by atoms with van der Waals surface area (Å²) in [6.45, 7) is 0.472. The quantitative estimate of drug-likeness (QED) is 0.383. The Labute approximate surface area is 47.5 Å². The number of hydrogen-bond donors (Lipinski definition) is 2. The van der Waals surface area contributed by atoms with E-state index >= 15 is 0 Å². The molecular weight excluding hydrogens is 78.3 g/mol. The molecular formula is C2H7MgNO+2. The van der Waals surface area contributed by atoms with Crippen LogP contribution in [0, 0.1) is 0 Å². The van der Waals surface area contributed by atoms with Gasteiger partial charge >= 0.3 is 23.1 Å². The Morgan fingerprint density at radius 3 is 1.80 bits per heavy atom. The molecule has 0 saturated carbocycles. The number of hydrogen-bond acceptors (Lipinski definition) is 2. The van der Waals surface area contributed by atoms with Gasteiger partial charge in [-0.15, -0.1) is 0 Å². The minimum Gasteiger partial charge on any atom is -0.395 e. The monoisotopic (exact) mass is 85.0 g/mol. The van der Waals surface area contributed by atoms with E-state index < -0.39 is 0 Å². The average Bonchev–Trinajstić information content (AvgIpc) is 1.37. The number of rotatable bonds is 1. The molecule has 0 aliphatic rings. The first-order chi connectivity index (χ1) is 1.91. The number of aliphatic hydroxyl groups excluding tert-OH is 1. The van der Waals surface area contributed by atoms with Crippen molar-refractivity contribution >= 4 is 23.1 Å². The van der Waals surface area contributed by atoms with Crippen molar-refractivity contribution in [2.45, 2.75) is 0 Å². The summed E-state index contributed by atoms with van der Waals surface area (Å²) in [4.78, 5) is 0. The van der Waals surface area contributed by atoms with Crippen molar-refractivity contribution < 1.29 is 5.11 Å². The average molecular weight is 85.4 g/mol. The Morgan fingerprint density at radius 2 is 1.80 bits per heavy atom. The van der Waals surface area contributed by atoms with Gasteiger partial charge in [-0.3, -0.25) is 0 Å². The van der Waals surface area contributed by atoms with Gasteiger partial charge in [0.15, 0.2) is 0 Å². The van der Waals surface area contributed by atoms with Crippen LogP contribution in [0.15, 0.2) is 0 Å². The summed E-state index contributed by atoms with van der Waals surface area (Å²) in [5, 5.41) is 7.75. The van der Waals surface area contributed by atoms with E-state index in [2.05, 4.69) is 0 Å². The minimum atomic E-state index is 0. The van der Waals surface area contributed by atoms with E-state index in [-0.39, 0.29) is 29.7 Å². The summed E-state index contributed by atoms with van der Waals surface area (Å²) < 4.78 is 0. The van der Waals surface area contributed by atoms with Crippen LogP contribution in [0.3, 0.4) is 0 Å². The molecule has 0 radical (unpaired) electrons. The maximum Gasteiger partial charge on any atom is 2.00 e. The van der Waals surface area contributed by atoms with E-state index in [1.165, 1.54) is 0 Å². The molecule has 0 atom stereocenters. The van der Waals surface area contributed by atoms with Gasteiger partial charge in [0, 0.05) is 6.54 Å². The van der Waals surface area contributed by atoms with Crippen molar-refractivity contribution in [3.63, 3.8) is 0 Å². The van der Waals surface area contributed by atoms with Gasteiger partial charge in [-0.2, -0.15) is 0 Å². The van der Waals surface area contributed by atoms with Crippen molar-refractivity contribution in [3.05, 3.63) is 0 Å². The van der Waals surface area contributed by atoms with Gasteiger partial charge in [0.2, 0.25) is 0 Å². The zero-order chi connectivity index (χ0) is 3.41. The molecule has 0 aliphatic heterocycles. The molecule has 0 fully saturated rings. The molecule has 2 nitrogen and oxygen atoms in total. The van der Waals surface area contributed by atoms with Crippen molar-refractivity contribution in [1.82, 2.24) is 0 Å². The van der Waals surface area contributed by atoms with Gasteiger partial charge in [-0.05, 0) is 0 Å². The second-order valence-electron chi connectivity index (χ2n) is 0.512. The van der Waals surface area contributed by atoms with Crippen LogP contribution in [0.25, 0.3) is 0 Å². The molecule has 0 amide bonds. The molecule has 0 aliphatic carbocycles. The van der Waals surface area contributed by atoms with Gasteiger partial charge in [0.1, 0.15) is 0 Å². The first kappa shape index (κ1) is 9.19. The SMILES string of the molecule is NCCO.[Mg+2]. The molecule has 0 unspecified atom stereocenters. The Hall–Kier alpha value is 0.686. The maximum absolute atomic E-state index is 7.75. The summed E-state index contributed by atoms with van der Waals surface area (Å²) in [6, 6.07) is 0. The molecule has 5 heavy (non-hydrogen) atoms. The van der Waals surface area contributed by atoms with Gasteiger partial charge in [0.25, 0.3) is 0 Å². The Morgan fingerprint density at radius 1 is 1.60 bits per heavy atom. The van der Waals surface area contributed by atoms with E-state index in [4.69, 9.17) is 10.8 Å². The number of nitrogens with two attached hydrogens (primary N) is 1. The van der Waals surface area contributed by atoms with Gasteiger partial charge in [-0.25, -0.2) is 0 Å². The molecule has 0 heterocycles.